The van der Waals surface area contributed by atoms with Crippen LogP contribution in [0.15, 0.2) is 53.9 Å². The van der Waals surface area contributed by atoms with Crippen molar-refractivity contribution < 1.29 is 17.9 Å². The maximum absolute atomic E-state index is 12.3. The summed E-state index contributed by atoms with van der Waals surface area (Å²) in [5.74, 6) is 1.14. The van der Waals surface area contributed by atoms with E-state index in [4.69, 9.17) is 4.74 Å². The number of ketones is 1. The Morgan fingerprint density at radius 3 is 2.83 bits per heavy atom. The number of benzene rings is 1. The number of pyridine rings is 1. The van der Waals surface area contributed by atoms with E-state index in [0.29, 0.717) is 35.0 Å². The number of hydrogen-bond acceptors (Lipinski definition) is 9. The van der Waals surface area contributed by atoms with E-state index in [1.54, 1.807) is 50.6 Å². The molecule has 10 nitrogen and oxygen atoms in total. The van der Waals surface area contributed by atoms with E-state index >= 15 is 0 Å². The summed E-state index contributed by atoms with van der Waals surface area (Å²) in [6.07, 6.45) is 6.42. The van der Waals surface area contributed by atoms with E-state index in [1.165, 1.54) is 6.07 Å². The minimum atomic E-state index is -3.50. The molecular weight excluding hydrogens is 468 g/mol. The fourth-order valence-electron chi connectivity index (χ4n) is 4.24. The first-order valence-electron chi connectivity index (χ1n) is 11.3. The molecule has 1 aromatic carbocycles. The monoisotopic (exact) mass is 492 g/mol. The van der Waals surface area contributed by atoms with Gasteiger partial charge in [-0.25, -0.2) is 23.4 Å². The van der Waals surface area contributed by atoms with Gasteiger partial charge in [-0.05, 0) is 31.9 Å². The summed E-state index contributed by atoms with van der Waals surface area (Å²) in [5.41, 5.74) is 2.67. The smallest absolute Gasteiger partial charge is 0.220 e. The molecule has 0 saturated carbocycles. The number of hydrogen-bond donors (Lipinski definition) is 1. The molecule has 1 N–H and O–H groups in total. The lowest BCUT2D eigenvalue weighted by molar-refractivity contribution is -0.118. The molecule has 3 aromatic heterocycles. The van der Waals surface area contributed by atoms with Crippen LogP contribution in [0.3, 0.4) is 0 Å². The van der Waals surface area contributed by atoms with Gasteiger partial charge < -0.3 is 14.6 Å². The summed E-state index contributed by atoms with van der Waals surface area (Å²) in [6, 6.07) is 8.04. The Kier molecular flexibility index (Phi) is 5.93. The second-order valence-corrected chi connectivity index (χ2v) is 10.5. The minimum absolute atomic E-state index is 0.0485. The number of aromatic amines is 1. The number of H-pyrrole nitrogens is 1. The predicted octanol–water partition coefficient (Wildman–Crippen LogP) is 3.56. The van der Waals surface area contributed by atoms with Gasteiger partial charge in [0.25, 0.3) is 0 Å². The average Bonchev–Trinajstić information content (AvgIpc) is 3.51. The lowest BCUT2D eigenvalue weighted by Gasteiger charge is -2.26. The van der Waals surface area contributed by atoms with Crippen molar-refractivity contribution in [2.75, 3.05) is 17.2 Å². The largest absolute Gasteiger partial charge is 0.437 e. The SMILES string of the molecule is CCS(=O)(=O)c1cccc(Oc2cc3nc(-c4cnccn4)[nH]c3cc2N2CCCC2C(C)=O)n1. The molecule has 1 saturated heterocycles. The van der Waals surface area contributed by atoms with Crippen molar-refractivity contribution in [2.24, 2.45) is 0 Å². The first-order chi connectivity index (χ1) is 16.9. The summed E-state index contributed by atoms with van der Waals surface area (Å²) < 4.78 is 30.8. The van der Waals surface area contributed by atoms with Gasteiger partial charge in [0, 0.05) is 31.1 Å². The number of imidazole rings is 1. The molecule has 180 valence electrons. The van der Waals surface area contributed by atoms with Crippen molar-refractivity contribution in [1.29, 1.82) is 0 Å². The van der Waals surface area contributed by atoms with Crippen molar-refractivity contribution >= 4 is 32.3 Å². The van der Waals surface area contributed by atoms with E-state index < -0.39 is 9.84 Å². The van der Waals surface area contributed by atoms with E-state index in [9.17, 15) is 13.2 Å². The zero-order chi connectivity index (χ0) is 24.6. The second kappa shape index (κ2) is 9.06. The number of carbonyl (C=O) groups is 1. The van der Waals surface area contributed by atoms with Gasteiger partial charge in [0.15, 0.2) is 32.2 Å². The molecule has 4 heterocycles. The molecule has 35 heavy (non-hydrogen) atoms. The Labute approximate surface area is 202 Å². The first-order valence-corrected chi connectivity index (χ1v) is 13.0. The topological polar surface area (TPSA) is 131 Å². The van der Waals surface area contributed by atoms with Crippen molar-refractivity contribution in [2.45, 2.75) is 37.8 Å². The van der Waals surface area contributed by atoms with E-state index in [0.717, 1.165) is 18.4 Å². The van der Waals surface area contributed by atoms with Crippen LogP contribution in [0.1, 0.15) is 26.7 Å². The third kappa shape index (κ3) is 4.46. The summed E-state index contributed by atoms with van der Waals surface area (Å²) in [7, 11) is -3.50. The van der Waals surface area contributed by atoms with Crippen molar-refractivity contribution in [1.82, 2.24) is 24.9 Å². The number of nitrogens with zero attached hydrogens (tertiary/aromatic N) is 5. The molecule has 0 bridgehead atoms. The number of Topliss-reactive ketones (excluding diaryl/α,β-unsaturated/α-hetero) is 1. The third-order valence-electron chi connectivity index (χ3n) is 6.01. The highest BCUT2D eigenvalue weighted by Crippen LogP contribution is 2.39. The molecule has 1 fully saturated rings. The first kappa shape index (κ1) is 22.9. The highest BCUT2D eigenvalue weighted by molar-refractivity contribution is 7.91. The van der Waals surface area contributed by atoms with Gasteiger partial charge in [-0.2, -0.15) is 0 Å². The average molecular weight is 493 g/mol. The van der Waals surface area contributed by atoms with E-state index in [1.807, 2.05) is 11.0 Å². The van der Waals surface area contributed by atoms with Crippen LogP contribution < -0.4 is 9.64 Å². The second-order valence-electron chi connectivity index (χ2n) is 8.29. The van der Waals surface area contributed by atoms with Gasteiger partial charge in [-0.1, -0.05) is 13.0 Å². The normalized spacial score (nSPS) is 16.1. The van der Waals surface area contributed by atoms with E-state index in [2.05, 4.69) is 24.9 Å². The Morgan fingerprint density at radius 1 is 1.23 bits per heavy atom. The molecule has 11 heteroatoms. The zero-order valence-corrected chi connectivity index (χ0v) is 20.1. The standard InChI is InChI=1S/C24H24N6O4S/c1-3-35(32,33)23-8-4-7-22(29-23)34-21-13-17-16(27-24(28-17)18-14-25-9-10-26-18)12-20(21)30-11-5-6-19(30)15(2)31/h4,7-10,12-14,19H,3,5-6,11H2,1-2H3,(H,27,28). The van der Waals surface area contributed by atoms with Crippen LogP contribution in [-0.2, 0) is 14.6 Å². The van der Waals surface area contributed by atoms with Gasteiger partial charge in [-0.3, -0.25) is 9.78 Å². The van der Waals surface area contributed by atoms with Crippen LogP contribution >= 0.6 is 0 Å². The number of aromatic nitrogens is 5. The summed E-state index contributed by atoms with van der Waals surface area (Å²) >= 11 is 0. The molecule has 5 rings (SSSR count). The maximum atomic E-state index is 12.3. The van der Waals surface area contributed by atoms with E-state index in [-0.39, 0.29) is 28.5 Å². The van der Waals surface area contributed by atoms with Crippen LogP contribution in [0.25, 0.3) is 22.6 Å². The van der Waals surface area contributed by atoms with Gasteiger partial charge >= 0.3 is 0 Å². The molecule has 1 aliphatic heterocycles. The highest BCUT2D eigenvalue weighted by Gasteiger charge is 2.31. The molecule has 1 atom stereocenters. The van der Waals surface area contributed by atoms with Gasteiger partial charge in [0.2, 0.25) is 5.88 Å². The third-order valence-corrected chi connectivity index (χ3v) is 7.64. The lowest BCUT2D eigenvalue weighted by atomic mass is 10.1. The molecule has 0 amide bonds. The molecule has 4 aromatic rings. The molecule has 0 radical (unpaired) electrons. The van der Waals surface area contributed by atoms with Crippen LogP contribution in [0.5, 0.6) is 11.6 Å². The number of fused-ring (bicyclic) bond motifs is 1. The number of ether oxygens (including phenoxy) is 1. The molecular formula is C24H24N6O4S. The van der Waals surface area contributed by atoms with Crippen LogP contribution in [-0.4, -0.2) is 57.5 Å². The number of sulfone groups is 1. The zero-order valence-electron chi connectivity index (χ0n) is 19.3. The van der Waals surface area contributed by atoms with Crippen LogP contribution in [0, 0.1) is 0 Å². The van der Waals surface area contributed by atoms with Gasteiger partial charge in [-0.15, -0.1) is 0 Å². The van der Waals surface area contributed by atoms with Crippen LogP contribution in [0.2, 0.25) is 0 Å². The quantitative estimate of drug-likeness (QED) is 0.411. The fourth-order valence-corrected chi connectivity index (χ4v) is 5.05. The van der Waals surface area contributed by atoms with Gasteiger partial charge in [0.05, 0.1) is 34.7 Å². The Balaban J connectivity index is 1.62. The number of carbonyl (C=O) groups excluding carboxylic acids is 1. The lowest BCUT2D eigenvalue weighted by Crippen LogP contribution is -2.34. The Hall–Kier alpha value is -3.86. The maximum Gasteiger partial charge on any atom is 0.220 e. The summed E-state index contributed by atoms with van der Waals surface area (Å²) in [6.45, 7) is 3.85. The van der Waals surface area contributed by atoms with Crippen molar-refractivity contribution in [3.63, 3.8) is 0 Å². The van der Waals surface area contributed by atoms with Gasteiger partial charge in [0.1, 0.15) is 5.69 Å². The summed E-state index contributed by atoms with van der Waals surface area (Å²) in [4.78, 5) is 34.9. The number of anilines is 1. The Morgan fingerprint density at radius 2 is 2.09 bits per heavy atom. The molecule has 1 unspecified atom stereocenters. The highest BCUT2D eigenvalue weighted by atomic mass is 32.2. The van der Waals surface area contributed by atoms with Crippen molar-refractivity contribution in [3.8, 4) is 23.1 Å². The molecule has 0 aliphatic carbocycles. The fraction of sp³-hybridized carbons (Fsp3) is 0.292. The summed E-state index contributed by atoms with van der Waals surface area (Å²) in [5, 5.41) is -0.0485. The minimum Gasteiger partial charge on any atom is -0.437 e. The van der Waals surface area contributed by atoms with Crippen LogP contribution in [0.4, 0.5) is 5.69 Å². The predicted molar refractivity (Wildman–Crippen MR) is 130 cm³/mol. The molecule has 1 aliphatic rings. The number of rotatable bonds is 7. The van der Waals surface area contributed by atoms with Crippen molar-refractivity contribution in [3.05, 3.63) is 48.9 Å². The Bertz CT molecular complexity index is 1500. The number of nitrogens with one attached hydrogen (secondary N) is 1. The molecule has 0 spiro atoms.